The number of hydrogen-bond acceptors (Lipinski definition) is 5. The van der Waals surface area contributed by atoms with Gasteiger partial charge in [0.1, 0.15) is 0 Å². The molecule has 0 aliphatic rings. The lowest BCUT2D eigenvalue weighted by molar-refractivity contribution is 0.102. The highest BCUT2D eigenvalue weighted by atomic mass is 35.5. The lowest BCUT2D eigenvalue weighted by Gasteiger charge is -2.10. The number of fused-ring (bicyclic) bond motifs is 1. The third-order valence-corrected chi connectivity index (χ3v) is 6.40. The van der Waals surface area contributed by atoms with Gasteiger partial charge in [0.05, 0.1) is 11.1 Å². The molecule has 6 nitrogen and oxygen atoms in total. The largest absolute Gasteiger partial charge is 0.296 e. The van der Waals surface area contributed by atoms with E-state index in [4.69, 9.17) is 11.6 Å². The van der Waals surface area contributed by atoms with Crippen molar-refractivity contribution in [3.05, 3.63) is 117 Å². The van der Waals surface area contributed by atoms with Crippen molar-refractivity contribution < 1.29 is 4.79 Å². The van der Waals surface area contributed by atoms with Gasteiger partial charge in [0, 0.05) is 27.9 Å². The topological polar surface area (TPSA) is 76.9 Å². The average molecular weight is 473 g/mol. The van der Waals surface area contributed by atoms with Gasteiger partial charge in [0.25, 0.3) is 11.5 Å². The van der Waals surface area contributed by atoms with E-state index in [0.717, 1.165) is 10.4 Å². The summed E-state index contributed by atoms with van der Waals surface area (Å²) in [5.41, 5.74) is 1.43. The summed E-state index contributed by atoms with van der Waals surface area (Å²) in [6.07, 6.45) is 2.34. The fraction of sp³-hybridized carbons (Fsp3) is 0.0400. The van der Waals surface area contributed by atoms with E-state index in [1.54, 1.807) is 42.6 Å². The van der Waals surface area contributed by atoms with Crippen molar-refractivity contribution in [2.24, 2.45) is 0 Å². The maximum Gasteiger partial charge on any atom is 0.279 e. The third kappa shape index (κ3) is 4.28. The SMILES string of the molecule is O=C(Nc1ncc(Cc2ccccc2Cl)s1)c1nn(-c2ccccc2)c(=O)c2ccccc12. The lowest BCUT2D eigenvalue weighted by Crippen LogP contribution is -2.26. The van der Waals surface area contributed by atoms with Crippen LogP contribution in [-0.4, -0.2) is 20.7 Å². The minimum absolute atomic E-state index is 0.150. The molecule has 3 aromatic carbocycles. The first-order chi connectivity index (χ1) is 16.1. The molecule has 0 bridgehead atoms. The van der Waals surface area contributed by atoms with Crippen LogP contribution in [0, 0.1) is 0 Å². The van der Waals surface area contributed by atoms with Crippen LogP contribution in [0.1, 0.15) is 20.9 Å². The van der Waals surface area contributed by atoms with Crippen LogP contribution < -0.4 is 10.9 Å². The maximum atomic E-state index is 13.2. The second-order valence-corrected chi connectivity index (χ2v) is 8.82. The molecule has 0 aliphatic heterocycles. The molecule has 5 rings (SSSR count). The van der Waals surface area contributed by atoms with E-state index in [9.17, 15) is 9.59 Å². The van der Waals surface area contributed by atoms with E-state index in [0.29, 0.717) is 33.0 Å². The molecule has 0 spiro atoms. The summed E-state index contributed by atoms with van der Waals surface area (Å²) < 4.78 is 1.25. The van der Waals surface area contributed by atoms with Gasteiger partial charge in [-0.05, 0) is 29.8 Å². The second-order valence-electron chi connectivity index (χ2n) is 7.30. The molecule has 2 heterocycles. The number of nitrogens with zero attached hydrogens (tertiary/aromatic N) is 3. The van der Waals surface area contributed by atoms with E-state index in [2.05, 4.69) is 15.4 Å². The number of carbonyl (C=O) groups excluding carboxylic acids is 1. The molecular formula is C25H17ClN4O2S. The van der Waals surface area contributed by atoms with Crippen LogP contribution in [-0.2, 0) is 6.42 Å². The number of nitrogens with one attached hydrogen (secondary N) is 1. The van der Waals surface area contributed by atoms with Gasteiger partial charge in [-0.2, -0.15) is 9.78 Å². The predicted molar refractivity (Wildman–Crippen MR) is 132 cm³/mol. The third-order valence-electron chi connectivity index (χ3n) is 5.12. The predicted octanol–water partition coefficient (Wildman–Crippen LogP) is 5.34. The Bertz CT molecular complexity index is 1530. The summed E-state index contributed by atoms with van der Waals surface area (Å²) in [5, 5.41) is 9.27. The fourth-order valence-corrected chi connectivity index (χ4v) is 4.57. The minimum atomic E-state index is -0.436. The van der Waals surface area contributed by atoms with Gasteiger partial charge in [0.2, 0.25) is 0 Å². The van der Waals surface area contributed by atoms with Gasteiger partial charge < -0.3 is 0 Å². The van der Waals surface area contributed by atoms with Crippen molar-refractivity contribution >= 4 is 44.7 Å². The molecule has 0 atom stereocenters. The fourth-order valence-electron chi connectivity index (χ4n) is 3.53. The summed E-state index contributed by atoms with van der Waals surface area (Å²) in [6.45, 7) is 0. The first-order valence-electron chi connectivity index (χ1n) is 10.2. The molecule has 0 radical (unpaired) electrons. The van der Waals surface area contributed by atoms with Crippen LogP contribution in [0.3, 0.4) is 0 Å². The highest BCUT2D eigenvalue weighted by Gasteiger charge is 2.19. The summed E-state index contributed by atoms with van der Waals surface area (Å²) >= 11 is 7.63. The molecule has 2 aromatic heterocycles. The Kier molecular flexibility index (Phi) is 5.73. The molecule has 0 fully saturated rings. The van der Waals surface area contributed by atoms with Crippen LogP contribution in [0.5, 0.6) is 0 Å². The molecule has 0 saturated heterocycles. The first-order valence-corrected chi connectivity index (χ1v) is 11.4. The highest BCUT2D eigenvalue weighted by molar-refractivity contribution is 7.15. The summed E-state index contributed by atoms with van der Waals surface area (Å²) in [4.78, 5) is 31.5. The normalized spacial score (nSPS) is 10.9. The van der Waals surface area contributed by atoms with Crippen molar-refractivity contribution in [2.75, 3.05) is 5.32 Å². The molecule has 5 aromatic rings. The number of carbonyl (C=O) groups is 1. The molecular weight excluding hydrogens is 456 g/mol. The summed E-state index contributed by atoms with van der Waals surface area (Å²) in [5.74, 6) is -0.436. The monoisotopic (exact) mass is 472 g/mol. The van der Waals surface area contributed by atoms with Gasteiger partial charge in [-0.1, -0.05) is 66.2 Å². The van der Waals surface area contributed by atoms with Crippen LogP contribution >= 0.6 is 22.9 Å². The first kappa shape index (κ1) is 21.1. The van der Waals surface area contributed by atoms with Crippen LogP contribution in [0.15, 0.2) is 89.9 Å². The zero-order valence-corrected chi connectivity index (χ0v) is 18.8. The maximum absolute atomic E-state index is 13.2. The zero-order chi connectivity index (χ0) is 22.8. The van der Waals surface area contributed by atoms with E-state index in [1.807, 2.05) is 42.5 Å². The Morgan fingerprint density at radius 1 is 0.939 bits per heavy atom. The quantitative estimate of drug-likeness (QED) is 0.374. The van der Waals surface area contributed by atoms with Crippen molar-refractivity contribution in [3.8, 4) is 5.69 Å². The molecule has 162 valence electrons. The Hall–Kier alpha value is -3.81. The van der Waals surface area contributed by atoms with Crippen LogP contribution in [0.25, 0.3) is 16.5 Å². The van der Waals surface area contributed by atoms with Gasteiger partial charge >= 0.3 is 0 Å². The van der Waals surface area contributed by atoms with Gasteiger partial charge in [0.15, 0.2) is 10.8 Å². The molecule has 8 heteroatoms. The number of thiazole rings is 1. The van der Waals surface area contributed by atoms with Crippen molar-refractivity contribution in [2.45, 2.75) is 6.42 Å². The van der Waals surface area contributed by atoms with Crippen molar-refractivity contribution in [1.29, 1.82) is 0 Å². The smallest absolute Gasteiger partial charge is 0.279 e. The van der Waals surface area contributed by atoms with Crippen molar-refractivity contribution in [3.63, 3.8) is 0 Å². The Labute approximate surface area is 198 Å². The van der Waals surface area contributed by atoms with E-state index in [1.165, 1.54) is 16.0 Å². The number of hydrogen-bond donors (Lipinski definition) is 1. The number of halogens is 1. The van der Waals surface area contributed by atoms with Gasteiger partial charge in [-0.25, -0.2) is 4.98 Å². The number of anilines is 1. The second kappa shape index (κ2) is 8.97. The Balaban J connectivity index is 1.48. The number of aromatic nitrogens is 3. The number of benzene rings is 3. The number of rotatable bonds is 5. The van der Waals surface area contributed by atoms with E-state index >= 15 is 0 Å². The van der Waals surface area contributed by atoms with E-state index in [-0.39, 0.29) is 11.3 Å². The van der Waals surface area contributed by atoms with E-state index < -0.39 is 5.91 Å². The molecule has 0 unspecified atom stereocenters. The molecule has 33 heavy (non-hydrogen) atoms. The average Bonchev–Trinajstić information content (AvgIpc) is 3.28. The number of amides is 1. The van der Waals surface area contributed by atoms with Gasteiger partial charge in [-0.3, -0.25) is 14.9 Å². The Morgan fingerprint density at radius 2 is 1.64 bits per heavy atom. The number of para-hydroxylation sites is 1. The molecule has 0 saturated carbocycles. The Morgan fingerprint density at radius 3 is 2.42 bits per heavy atom. The van der Waals surface area contributed by atoms with Crippen LogP contribution in [0.2, 0.25) is 5.02 Å². The highest BCUT2D eigenvalue weighted by Crippen LogP contribution is 2.25. The van der Waals surface area contributed by atoms with Gasteiger partial charge in [-0.15, -0.1) is 11.3 Å². The standard InChI is InChI=1S/C25H17ClN4O2S/c26-21-13-7-4-8-16(21)14-18-15-27-25(33-18)28-23(31)22-19-11-5-6-12-20(19)24(32)30(29-22)17-9-2-1-3-10-17/h1-13,15H,14H2,(H,27,28,31). The molecule has 1 amide bonds. The lowest BCUT2D eigenvalue weighted by atomic mass is 10.1. The summed E-state index contributed by atoms with van der Waals surface area (Å²) in [6, 6.07) is 23.6. The molecule has 0 aliphatic carbocycles. The minimum Gasteiger partial charge on any atom is -0.296 e. The summed E-state index contributed by atoms with van der Waals surface area (Å²) in [7, 11) is 0. The van der Waals surface area contributed by atoms with Crippen LogP contribution in [0.4, 0.5) is 5.13 Å². The zero-order valence-electron chi connectivity index (χ0n) is 17.2. The van der Waals surface area contributed by atoms with Crippen molar-refractivity contribution in [1.82, 2.24) is 14.8 Å². The molecule has 1 N–H and O–H groups in total.